The molecule has 0 radical (unpaired) electrons. The van der Waals surface area contributed by atoms with Crippen LogP contribution >= 0.6 is 11.6 Å². The van der Waals surface area contributed by atoms with Crippen LogP contribution in [0.1, 0.15) is 19.4 Å². The van der Waals surface area contributed by atoms with Gasteiger partial charge in [0.25, 0.3) is 0 Å². The molecule has 0 heterocycles. The van der Waals surface area contributed by atoms with Gasteiger partial charge in [0.2, 0.25) is 0 Å². The standard InChI is InChI=1S/C13H18ClN3O2S/c1-3-17(4-2)20(18,19)16-13-10-12(14)8-7-11(13)6-5-9-15/h7-8,10,16H,3-4,9,15H2,1-2H3. The van der Waals surface area contributed by atoms with Gasteiger partial charge in [-0.2, -0.15) is 12.7 Å². The van der Waals surface area contributed by atoms with Crippen molar-refractivity contribution in [2.24, 2.45) is 5.73 Å². The van der Waals surface area contributed by atoms with Crippen molar-refractivity contribution in [3.63, 3.8) is 0 Å². The summed E-state index contributed by atoms with van der Waals surface area (Å²) in [6.07, 6.45) is 0. The van der Waals surface area contributed by atoms with E-state index in [1.165, 1.54) is 10.4 Å². The zero-order valence-corrected chi connectivity index (χ0v) is 13.1. The van der Waals surface area contributed by atoms with Crippen molar-refractivity contribution < 1.29 is 8.42 Å². The van der Waals surface area contributed by atoms with Gasteiger partial charge in [-0.05, 0) is 18.2 Å². The second-order valence-corrected chi connectivity index (χ2v) is 5.99. The average molecular weight is 316 g/mol. The van der Waals surface area contributed by atoms with Crippen molar-refractivity contribution in [3.8, 4) is 11.8 Å². The van der Waals surface area contributed by atoms with E-state index < -0.39 is 10.2 Å². The van der Waals surface area contributed by atoms with Gasteiger partial charge < -0.3 is 5.73 Å². The van der Waals surface area contributed by atoms with E-state index in [0.717, 1.165) is 0 Å². The van der Waals surface area contributed by atoms with Gasteiger partial charge >= 0.3 is 10.2 Å². The molecule has 0 fully saturated rings. The number of nitrogens with zero attached hydrogens (tertiary/aromatic N) is 1. The lowest BCUT2D eigenvalue weighted by Crippen LogP contribution is -2.35. The lowest BCUT2D eigenvalue weighted by atomic mass is 10.2. The molecule has 5 nitrogen and oxygen atoms in total. The Hall–Kier alpha value is -1.26. The first-order valence-electron chi connectivity index (χ1n) is 6.21. The lowest BCUT2D eigenvalue weighted by Gasteiger charge is -2.20. The van der Waals surface area contributed by atoms with Crippen LogP contribution in [0.4, 0.5) is 5.69 Å². The summed E-state index contributed by atoms with van der Waals surface area (Å²) in [4.78, 5) is 0. The molecule has 3 N–H and O–H groups in total. The Morgan fingerprint density at radius 2 is 2.00 bits per heavy atom. The number of benzene rings is 1. The topological polar surface area (TPSA) is 75.4 Å². The number of hydrogen-bond donors (Lipinski definition) is 2. The van der Waals surface area contributed by atoms with Gasteiger partial charge in [-0.1, -0.05) is 37.3 Å². The molecular formula is C13H18ClN3O2S. The molecule has 0 saturated carbocycles. The Bertz CT molecular complexity index is 616. The summed E-state index contributed by atoms with van der Waals surface area (Å²) in [5.74, 6) is 5.51. The summed E-state index contributed by atoms with van der Waals surface area (Å²) >= 11 is 5.91. The summed E-state index contributed by atoms with van der Waals surface area (Å²) in [5, 5.41) is 0.431. The molecule has 0 spiro atoms. The van der Waals surface area contributed by atoms with Crippen LogP contribution in [-0.4, -0.2) is 32.4 Å². The van der Waals surface area contributed by atoms with Crippen LogP contribution in [0.25, 0.3) is 0 Å². The molecule has 0 aromatic heterocycles. The van der Waals surface area contributed by atoms with Gasteiger partial charge in [0.05, 0.1) is 12.2 Å². The molecule has 7 heteroatoms. The van der Waals surface area contributed by atoms with Gasteiger partial charge in [-0.15, -0.1) is 0 Å². The first-order valence-corrected chi connectivity index (χ1v) is 8.02. The van der Waals surface area contributed by atoms with Gasteiger partial charge in [0.1, 0.15) is 0 Å². The number of nitrogens with two attached hydrogens (primary N) is 1. The van der Waals surface area contributed by atoms with E-state index in [4.69, 9.17) is 17.3 Å². The highest BCUT2D eigenvalue weighted by molar-refractivity contribution is 7.90. The molecule has 0 aliphatic carbocycles. The second-order valence-electron chi connectivity index (χ2n) is 3.89. The number of halogens is 1. The van der Waals surface area contributed by atoms with E-state index in [0.29, 0.717) is 29.4 Å². The molecule has 1 rings (SSSR count). The largest absolute Gasteiger partial charge is 0.320 e. The van der Waals surface area contributed by atoms with Gasteiger partial charge in [0.15, 0.2) is 0 Å². The minimum atomic E-state index is -3.61. The Labute approximate surface area is 125 Å². The summed E-state index contributed by atoms with van der Waals surface area (Å²) < 4.78 is 28.2. The van der Waals surface area contributed by atoms with Crippen molar-refractivity contribution in [1.29, 1.82) is 0 Å². The third kappa shape index (κ3) is 4.39. The van der Waals surface area contributed by atoms with Crippen LogP contribution in [0, 0.1) is 11.8 Å². The van der Waals surface area contributed by atoms with Gasteiger partial charge in [-0.3, -0.25) is 4.72 Å². The fraction of sp³-hybridized carbons (Fsp3) is 0.385. The van der Waals surface area contributed by atoms with Crippen molar-refractivity contribution in [3.05, 3.63) is 28.8 Å². The number of rotatable bonds is 5. The van der Waals surface area contributed by atoms with Crippen LogP contribution in [0.2, 0.25) is 5.02 Å². The average Bonchev–Trinajstić information content (AvgIpc) is 2.38. The predicted octanol–water partition coefficient (Wildman–Crippen LogP) is 1.65. The monoisotopic (exact) mass is 315 g/mol. The summed E-state index contributed by atoms with van der Waals surface area (Å²) in [6, 6.07) is 4.84. The van der Waals surface area contributed by atoms with E-state index in [2.05, 4.69) is 16.6 Å². The molecule has 1 aromatic rings. The molecule has 0 unspecified atom stereocenters. The van der Waals surface area contributed by atoms with E-state index in [9.17, 15) is 8.42 Å². The van der Waals surface area contributed by atoms with Crippen LogP contribution in [0.5, 0.6) is 0 Å². The molecule has 0 bridgehead atoms. The maximum absolute atomic E-state index is 12.2. The Kier molecular flexibility index (Phi) is 6.30. The number of hydrogen-bond acceptors (Lipinski definition) is 3. The van der Waals surface area contributed by atoms with E-state index >= 15 is 0 Å². The second kappa shape index (κ2) is 7.50. The normalized spacial score (nSPS) is 11.1. The fourth-order valence-electron chi connectivity index (χ4n) is 1.62. The number of nitrogens with one attached hydrogen (secondary N) is 1. The van der Waals surface area contributed by atoms with E-state index in [1.807, 2.05) is 0 Å². The van der Waals surface area contributed by atoms with Crippen LogP contribution in [0.15, 0.2) is 18.2 Å². The van der Waals surface area contributed by atoms with E-state index in [-0.39, 0.29) is 6.54 Å². The van der Waals surface area contributed by atoms with Crippen molar-refractivity contribution in [2.45, 2.75) is 13.8 Å². The zero-order chi connectivity index (χ0) is 15.2. The highest BCUT2D eigenvalue weighted by Gasteiger charge is 2.19. The quantitative estimate of drug-likeness (QED) is 0.811. The van der Waals surface area contributed by atoms with Crippen molar-refractivity contribution in [1.82, 2.24) is 4.31 Å². The number of anilines is 1. The molecule has 0 amide bonds. The third-order valence-corrected chi connectivity index (χ3v) is 4.50. The summed E-state index contributed by atoms with van der Waals surface area (Å²) in [6.45, 7) is 4.52. The SMILES string of the molecule is CCN(CC)S(=O)(=O)Nc1cc(Cl)ccc1C#CCN. The van der Waals surface area contributed by atoms with Crippen LogP contribution < -0.4 is 10.5 Å². The minimum absolute atomic E-state index is 0.199. The molecule has 0 aliphatic rings. The first kappa shape index (κ1) is 16.8. The summed E-state index contributed by atoms with van der Waals surface area (Å²) in [7, 11) is -3.61. The minimum Gasteiger partial charge on any atom is -0.320 e. The molecule has 0 saturated heterocycles. The van der Waals surface area contributed by atoms with Crippen molar-refractivity contribution in [2.75, 3.05) is 24.4 Å². The fourth-order valence-corrected chi connectivity index (χ4v) is 3.05. The van der Waals surface area contributed by atoms with E-state index in [1.54, 1.807) is 26.0 Å². The van der Waals surface area contributed by atoms with Crippen LogP contribution in [-0.2, 0) is 10.2 Å². The molecule has 0 atom stereocenters. The Morgan fingerprint density at radius 1 is 1.35 bits per heavy atom. The molecule has 1 aromatic carbocycles. The maximum atomic E-state index is 12.2. The smallest absolute Gasteiger partial charge is 0.301 e. The van der Waals surface area contributed by atoms with Gasteiger partial charge in [-0.25, -0.2) is 0 Å². The van der Waals surface area contributed by atoms with Gasteiger partial charge in [0, 0.05) is 23.7 Å². The zero-order valence-electron chi connectivity index (χ0n) is 11.5. The molecule has 110 valence electrons. The molecular weight excluding hydrogens is 298 g/mol. The maximum Gasteiger partial charge on any atom is 0.301 e. The molecule has 0 aliphatic heterocycles. The first-order chi connectivity index (χ1) is 9.44. The summed E-state index contributed by atoms with van der Waals surface area (Å²) in [5.41, 5.74) is 6.22. The Morgan fingerprint density at radius 3 is 2.55 bits per heavy atom. The lowest BCUT2D eigenvalue weighted by molar-refractivity contribution is 0.449. The Balaban J connectivity index is 3.16. The third-order valence-electron chi connectivity index (χ3n) is 2.59. The highest BCUT2D eigenvalue weighted by atomic mass is 35.5. The highest BCUT2D eigenvalue weighted by Crippen LogP contribution is 2.22. The molecule has 20 heavy (non-hydrogen) atoms. The van der Waals surface area contributed by atoms with Crippen molar-refractivity contribution >= 4 is 27.5 Å². The predicted molar refractivity (Wildman–Crippen MR) is 82.8 cm³/mol. The van der Waals surface area contributed by atoms with Crippen LogP contribution in [0.3, 0.4) is 0 Å².